The molecule has 1 rings (SSSR count). The second-order valence-corrected chi connectivity index (χ2v) is 5.20. The Kier molecular flexibility index (Phi) is 4.74. The number of hydrogen-bond acceptors (Lipinski definition) is 3. The van der Waals surface area contributed by atoms with Crippen molar-refractivity contribution in [2.45, 2.75) is 51.7 Å². The molecule has 0 aromatic heterocycles. The molecule has 16 heavy (non-hydrogen) atoms. The molecule has 0 aliphatic carbocycles. The van der Waals surface area contributed by atoms with Crippen LogP contribution in [0.2, 0.25) is 0 Å². The van der Waals surface area contributed by atoms with Crippen LogP contribution in [0.4, 0.5) is 0 Å². The van der Waals surface area contributed by atoms with Gasteiger partial charge in [-0.1, -0.05) is 0 Å². The number of likely N-dealkylation sites (N-methyl/N-ethyl adjacent to an activating group) is 1. The summed E-state index contributed by atoms with van der Waals surface area (Å²) in [7, 11) is 2.11. The van der Waals surface area contributed by atoms with E-state index in [4.69, 9.17) is 5.11 Å². The minimum absolute atomic E-state index is 0.272. The SMILES string of the molecule is CC(C)N1C(C)CN(C)CC1CCC(=O)O. The molecule has 94 valence electrons. The van der Waals surface area contributed by atoms with Crippen molar-refractivity contribution in [2.24, 2.45) is 0 Å². The zero-order valence-electron chi connectivity index (χ0n) is 10.8. The Labute approximate surface area is 98.2 Å². The van der Waals surface area contributed by atoms with Gasteiger partial charge in [0, 0.05) is 37.6 Å². The summed E-state index contributed by atoms with van der Waals surface area (Å²) in [6.07, 6.45) is 1.02. The van der Waals surface area contributed by atoms with Crippen molar-refractivity contribution in [2.75, 3.05) is 20.1 Å². The van der Waals surface area contributed by atoms with E-state index in [9.17, 15) is 4.79 Å². The third-order valence-corrected chi connectivity index (χ3v) is 3.32. The molecule has 0 radical (unpaired) electrons. The molecule has 0 aromatic carbocycles. The summed E-state index contributed by atoms with van der Waals surface area (Å²) in [6, 6.07) is 1.38. The van der Waals surface area contributed by atoms with Gasteiger partial charge in [-0.05, 0) is 34.2 Å². The molecule has 2 atom stereocenters. The van der Waals surface area contributed by atoms with Gasteiger partial charge in [-0.2, -0.15) is 0 Å². The largest absolute Gasteiger partial charge is 0.481 e. The van der Waals surface area contributed by atoms with Crippen molar-refractivity contribution in [3.8, 4) is 0 Å². The topological polar surface area (TPSA) is 43.8 Å². The van der Waals surface area contributed by atoms with Crippen molar-refractivity contribution in [1.29, 1.82) is 0 Å². The minimum Gasteiger partial charge on any atom is -0.481 e. The van der Waals surface area contributed by atoms with Crippen LogP contribution in [0.3, 0.4) is 0 Å². The van der Waals surface area contributed by atoms with E-state index >= 15 is 0 Å². The average molecular weight is 228 g/mol. The van der Waals surface area contributed by atoms with Gasteiger partial charge in [0.15, 0.2) is 0 Å². The van der Waals surface area contributed by atoms with E-state index in [-0.39, 0.29) is 6.42 Å². The summed E-state index contributed by atoms with van der Waals surface area (Å²) in [4.78, 5) is 15.4. The van der Waals surface area contributed by atoms with Crippen LogP contribution in [0.1, 0.15) is 33.6 Å². The maximum atomic E-state index is 10.6. The van der Waals surface area contributed by atoms with Gasteiger partial charge in [0.2, 0.25) is 0 Å². The standard InChI is InChI=1S/C12H24N2O2/c1-9(2)14-10(3)7-13(4)8-11(14)5-6-12(15)16/h9-11H,5-8H2,1-4H3,(H,15,16). The van der Waals surface area contributed by atoms with Crippen LogP contribution in [-0.4, -0.2) is 59.1 Å². The molecule has 1 saturated heterocycles. The highest BCUT2D eigenvalue weighted by Crippen LogP contribution is 2.21. The zero-order chi connectivity index (χ0) is 12.3. The normalized spacial score (nSPS) is 28.6. The van der Waals surface area contributed by atoms with Crippen molar-refractivity contribution in [3.63, 3.8) is 0 Å². The van der Waals surface area contributed by atoms with E-state index in [0.717, 1.165) is 19.5 Å². The second-order valence-electron chi connectivity index (χ2n) is 5.20. The van der Waals surface area contributed by atoms with Crippen LogP contribution in [-0.2, 0) is 4.79 Å². The number of carboxylic acids is 1. The van der Waals surface area contributed by atoms with Gasteiger partial charge in [-0.15, -0.1) is 0 Å². The molecule has 1 N–H and O–H groups in total. The van der Waals surface area contributed by atoms with E-state index in [1.54, 1.807) is 0 Å². The average Bonchev–Trinajstić information content (AvgIpc) is 2.12. The van der Waals surface area contributed by atoms with E-state index in [0.29, 0.717) is 18.1 Å². The molecular formula is C12H24N2O2. The molecule has 0 aromatic rings. The van der Waals surface area contributed by atoms with E-state index in [1.165, 1.54) is 0 Å². The number of piperazine rings is 1. The lowest BCUT2D eigenvalue weighted by molar-refractivity contribution is -0.137. The van der Waals surface area contributed by atoms with Crippen LogP contribution < -0.4 is 0 Å². The fourth-order valence-electron chi connectivity index (χ4n) is 2.89. The molecule has 4 nitrogen and oxygen atoms in total. The number of aliphatic carboxylic acids is 1. The Balaban J connectivity index is 2.63. The van der Waals surface area contributed by atoms with Crippen LogP contribution in [0.5, 0.6) is 0 Å². The smallest absolute Gasteiger partial charge is 0.303 e. The van der Waals surface area contributed by atoms with Gasteiger partial charge >= 0.3 is 5.97 Å². The van der Waals surface area contributed by atoms with Gasteiger partial charge in [-0.25, -0.2) is 0 Å². The second kappa shape index (κ2) is 5.64. The van der Waals surface area contributed by atoms with Gasteiger partial charge in [-0.3, -0.25) is 9.69 Å². The quantitative estimate of drug-likeness (QED) is 0.787. The first kappa shape index (κ1) is 13.5. The highest BCUT2D eigenvalue weighted by molar-refractivity contribution is 5.66. The summed E-state index contributed by atoms with van der Waals surface area (Å²) in [5.41, 5.74) is 0. The number of hydrogen-bond donors (Lipinski definition) is 1. The van der Waals surface area contributed by atoms with Crippen LogP contribution in [0.25, 0.3) is 0 Å². The monoisotopic (exact) mass is 228 g/mol. The predicted molar refractivity (Wildman–Crippen MR) is 64.6 cm³/mol. The third kappa shape index (κ3) is 3.46. The Morgan fingerprint density at radius 1 is 1.44 bits per heavy atom. The number of carbonyl (C=O) groups is 1. The fraction of sp³-hybridized carbons (Fsp3) is 0.917. The van der Waals surface area contributed by atoms with Crippen LogP contribution in [0.15, 0.2) is 0 Å². The molecular weight excluding hydrogens is 204 g/mol. The summed E-state index contributed by atoms with van der Waals surface area (Å²) in [6.45, 7) is 8.66. The van der Waals surface area contributed by atoms with Gasteiger partial charge in [0.25, 0.3) is 0 Å². The summed E-state index contributed by atoms with van der Waals surface area (Å²) >= 11 is 0. The van der Waals surface area contributed by atoms with Gasteiger partial charge < -0.3 is 10.0 Å². The van der Waals surface area contributed by atoms with Gasteiger partial charge in [0.05, 0.1) is 0 Å². The summed E-state index contributed by atoms with van der Waals surface area (Å²) in [5, 5.41) is 8.77. The van der Waals surface area contributed by atoms with E-state index in [1.807, 2.05) is 0 Å². The molecule has 0 saturated carbocycles. The lowest BCUT2D eigenvalue weighted by Crippen LogP contribution is -2.58. The molecule has 0 amide bonds. The molecule has 0 bridgehead atoms. The highest BCUT2D eigenvalue weighted by Gasteiger charge is 2.32. The van der Waals surface area contributed by atoms with E-state index in [2.05, 4.69) is 37.6 Å². The number of rotatable bonds is 4. The first-order chi connectivity index (χ1) is 7.41. The highest BCUT2D eigenvalue weighted by atomic mass is 16.4. The molecule has 0 spiro atoms. The Morgan fingerprint density at radius 3 is 2.56 bits per heavy atom. The zero-order valence-corrected chi connectivity index (χ0v) is 10.8. The van der Waals surface area contributed by atoms with Crippen molar-refractivity contribution >= 4 is 5.97 Å². The maximum Gasteiger partial charge on any atom is 0.303 e. The van der Waals surface area contributed by atoms with Crippen LogP contribution in [0, 0.1) is 0 Å². The summed E-state index contributed by atoms with van der Waals surface area (Å²) < 4.78 is 0. The summed E-state index contributed by atoms with van der Waals surface area (Å²) in [5.74, 6) is -0.690. The third-order valence-electron chi connectivity index (χ3n) is 3.32. The fourth-order valence-corrected chi connectivity index (χ4v) is 2.89. The molecule has 1 aliphatic heterocycles. The maximum absolute atomic E-state index is 10.6. The molecule has 2 unspecified atom stereocenters. The predicted octanol–water partition coefficient (Wildman–Crippen LogP) is 1.26. The Morgan fingerprint density at radius 2 is 2.06 bits per heavy atom. The minimum atomic E-state index is -0.690. The van der Waals surface area contributed by atoms with Gasteiger partial charge in [0.1, 0.15) is 0 Å². The van der Waals surface area contributed by atoms with Crippen LogP contribution >= 0.6 is 0 Å². The first-order valence-corrected chi connectivity index (χ1v) is 6.09. The van der Waals surface area contributed by atoms with E-state index < -0.39 is 5.97 Å². The number of nitrogens with zero attached hydrogens (tertiary/aromatic N) is 2. The lowest BCUT2D eigenvalue weighted by atomic mass is 10.0. The lowest BCUT2D eigenvalue weighted by Gasteiger charge is -2.47. The molecule has 1 fully saturated rings. The molecule has 1 heterocycles. The Hall–Kier alpha value is -0.610. The first-order valence-electron chi connectivity index (χ1n) is 6.09. The molecule has 4 heteroatoms. The van der Waals surface area contributed by atoms with Crippen molar-refractivity contribution in [3.05, 3.63) is 0 Å². The number of carboxylic acid groups (broad SMARTS) is 1. The molecule has 1 aliphatic rings. The van der Waals surface area contributed by atoms with Crippen molar-refractivity contribution < 1.29 is 9.90 Å². The Bertz CT molecular complexity index is 243. The van der Waals surface area contributed by atoms with Crippen molar-refractivity contribution in [1.82, 2.24) is 9.80 Å².